The van der Waals surface area contributed by atoms with Gasteiger partial charge in [-0.3, -0.25) is 0 Å². The summed E-state index contributed by atoms with van der Waals surface area (Å²) in [6.07, 6.45) is 4.67. The summed E-state index contributed by atoms with van der Waals surface area (Å²) in [6, 6.07) is 14.7. The maximum Gasteiger partial charge on any atom is 0.157 e. The van der Waals surface area contributed by atoms with Crippen LogP contribution in [-0.4, -0.2) is 8.76 Å². The van der Waals surface area contributed by atoms with Gasteiger partial charge in [0, 0.05) is 0 Å². The van der Waals surface area contributed by atoms with E-state index in [0.717, 1.165) is 24.0 Å². The SMILES string of the molecule is O=S(O)Cc1ccc(C2=C(c3ccc(F)cc3)CC3(CC3)C2)cc1. The van der Waals surface area contributed by atoms with Gasteiger partial charge in [-0.25, -0.2) is 8.60 Å². The molecule has 0 saturated heterocycles. The Balaban J connectivity index is 1.70. The van der Waals surface area contributed by atoms with Crippen LogP contribution < -0.4 is 0 Å². The molecule has 1 N–H and O–H groups in total. The Hall–Kier alpha value is -1.78. The first-order valence-electron chi connectivity index (χ1n) is 8.19. The molecule has 2 aromatic carbocycles. The highest BCUT2D eigenvalue weighted by atomic mass is 32.2. The smallest absolute Gasteiger partial charge is 0.157 e. The van der Waals surface area contributed by atoms with Crippen molar-refractivity contribution in [1.82, 2.24) is 0 Å². The van der Waals surface area contributed by atoms with Crippen molar-refractivity contribution < 1.29 is 13.2 Å². The largest absolute Gasteiger partial charge is 0.306 e. The fourth-order valence-electron chi connectivity index (χ4n) is 3.70. The van der Waals surface area contributed by atoms with Gasteiger partial charge in [-0.05, 0) is 71.1 Å². The number of allylic oxidation sites excluding steroid dienone is 2. The first-order valence-corrected chi connectivity index (χ1v) is 9.47. The van der Waals surface area contributed by atoms with Gasteiger partial charge in [-0.15, -0.1) is 0 Å². The van der Waals surface area contributed by atoms with Crippen LogP contribution in [0.1, 0.15) is 42.4 Å². The monoisotopic (exact) mass is 342 g/mol. The van der Waals surface area contributed by atoms with Gasteiger partial charge in [0.05, 0.1) is 5.75 Å². The fourth-order valence-corrected chi connectivity index (χ4v) is 4.18. The van der Waals surface area contributed by atoms with Gasteiger partial charge < -0.3 is 4.55 Å². The number of hydrogen-bond donors (Lipinski definition) is 1. The Morgan fingerprint density at radius 3 is 1.88 bits per heavy atom. The second kappa shape index (κ2) is 5.94. The quantitative estimate of drug-likeness (QED) is 0.791. The predicted molar refractivity (Wildman–Crippen MR) is 95.0 cm³/mol. The first-order chi connectivity index (χ1) is 11.5. The summed E-state index contributed by atoms with van der Waals surface area (Å²) in [5.74, 6) is -0.0462. The Bertz CT molecular complexity index is 818. The summed E-state index contributed by atoms with van der Waals surface area (Å²) in [6.45, 7) is 0. The van der Waals surface area contributed by atoms with Gasteiger partial charge in [0.15, 0.2) is 11.1 Å². The molecule has 0 heterocycles. The van der Waals surface area contributed by atoms with Crippen LogP contribution in [-0.2, 0) is 16.8 Å². The highest BCUT2D eigenvalue weighted by Gasteiger charge is 2.48. The zero-order valence-corrected chi connectivity index (χ0v) is 14.1. The molecular formula is C20H19FO2S. The van der Waals surface area contributed by atoms with Crippen molar-refractivity contribution in [3.8, 4) is 0 Å². The molecule has 2 aliphatic rings. The zero-order valence-electron chi connectivity index (χ0n) is 13.3. The first kappa shape index (κ1) is 15.7. The van der Waals surface area contributed by atoms with E-state index in [9.17, 15) is 8.60 Å². The van der Waals surface area contributed by atoms with Crippen LogP contribution in [0, 0.1) is 11.2 Å². The second-order valence-corrected chi connectivity index (χ2v) is 7.91. The lowest BCUT2D eigenvalue weighted by atomic mass is 9.96. The van der Waals surface area contributed by atoms with E-state index in [2.05, 4.69) is 0 Å². The molecule has 2 nitrogen and oxygen atoms in total. The molecule has 1 atom stereocenters. The maximum atomic E-state index is 13.2. The van der Waals surface area contributed by atoms with Crippen molar-refractivity contribution in [2.75, 3.05) is 0 Å². The van der Waals surface area contributed by atoms with Gasteiger partial charge in [0.1, 0.15) is 5.82 Å². The van der Waals surface area contributed by atoms with Gasteiger partial charge in [-0.2, -0.15) is 0 Å². The fraction of sp³-hybridized carbons (Fsp3) is 0.300. The van der Waals surface area contributed by atoms with Crippen molar-refractivity contribution in [1.29, 1.82) is 0 Å². The predicted octanol–water partition coefficient (Wildman–Crippen LogP) is 5.03. The molecule has 0 radical (unpaired) electrons. The van der Waals surface area contributed by atoms with Crippen LogP contribution in [0.15, 0.2) is 48.5 Å². The van der Waals surface area contributed by atoms with E-state index in [-0.39, 0.29) is 11.6 Å². The lowest BCUT2D eigenvalue weighted by Gasteiger charge is -2.09. The van der Waals surface area contributed by atoms with Crippen molar-refractivity contribution in [3.63, 3.8) is 0 Å². The number of halogens is 1. The van der Waals surface area contributed by atoms with Crippen LogP contribution in [0.2, 0.25) is 0 Å². The van der Waals surface area contributed by atoms with Crippen molar-refractivity contribution in [2.24, 2.45) is 5.41 Å². The molecule has 4 rings (SSSR count). The Morgan fingerprint density at radius 1 is 0.917 bits per heavy atom. The molecule has 0 aliphatic heterocycles. The average Bonchev–Trinajstić information content (AvgIpc) is 3.20. The minimum atomic E-state index is -1.81. The van der Waals surface area contributed by atoms with E-state index in [1.165, 1.54) is 41.7 Å². The van der Waals surface area contributed by atoms with Gasteiger partial charge in [0.2, 0.25) is 0 Å². The lowest BCUT2D eigenvalue weighted by Crippen LogP contribution is -1.94. The molecule has 2 aromatic rings. The van der Waals surface area contributed by atoms with Crippen LogP contribution in [0.5, 0.6) is 0 Å². The number of rotatable bonds is 4. The molecule has 4 heteroatoms. The summed E-state index contributed by atoms with van der Waals surface area (Å²) in [5.41, 5.74) is 6.23. The second-order valence-electron chi connectivity index (χ2n) is 6.98. The van der Waals surface area contributed by atoms with Crippen LogP contribution >= 0.6 is 0 Å². The van der Waals surface area contributed by atoms with Crippen molar-refractivity contribution >= 4 is 22.2 Å². The van der Waals surface area contributed by atoms with E-state index in [0.29, 0.717) is 5.41 Å². The highest BCUT2D eigenvalue weighted by molar-refractivity contribution is 7.78. The van der Waals surface area contributed by atoms with E-state index in [1.54, 1.807) is 0 Å². The number of benzene rings is 2. The third-order valence-electron chi connectivity index (χ3n) is 5.21. The molecule has 124 valence electrons. The Kier molecular flexibility index (Phi) is 3.89. The van der Waals surface area contributed by atoms with E-state index < -0.39 is 11.1 Å². The van der Waals surface area contributed by atoms with Gasteiger partial charge >= 0.3 is 0 Å². The number of hydrogen-bond acceptors (Lipinski definition) is 1. The van der Waals surface area contributed by atoms with Crippen LogP contribution in [0.4, 0.5) is 4.39 Å². The molecule has 0 aromatic heterocycles. The summed E-state index contributed by atoms with van der Waals surface area (Å²) < 4.78 is 33.2. The minimum Gasteiger partial charge on any atom is -0.306 e. The summed E-state index contributed by atoms with van der Waals surface area (Å²) in [5, 5.41) is 0. The lowest BCUT2D eigenvalue weighted by molar-refractivity contribution is 0.563. The zero-order chi connectivity index (χ0) is 16.7. The van der Waals surface area contributed by atoms with Gasteiger partial charge in [-0.1, -0.05) is 36.4 Å². The normalized spacial score (nSPS) is 19.8. The van der Waals surface area contributed by atoms with Crippen molar-refractivity contribution in [3.05, 3.63) is 71.0 Å². The molecule has 1 spiro atoms. The molecule has 1 fully saturated rings. The molecule has 1 saturated carbocycles. The van der Waals surface area contributed by atoms with E-state index in [4.69, 9.17) is 4.55 Å². The molecule has 0 bridgehead atoms. The Labute approximate surface area is 143 Å². The van der Waals surface area contributed by atoms with E-state index in [1.807, 2.05) is 36.4 Å². The average molecular weight is 342 g/mol. The Morgan fingerprint density at radius 2 is 1.42 bits per heavy atom. The molecular weight excluding hydrogens is 323 g/mol. The van der Waals surface area contributed by atoms with Crippen LogP contribution in [0.25, 0.3) is 11.1 Å². The molecule has 24 heavy (non-hydrogen) atoms. The molecule has 0 amide bonds. The summed E-state index contributed by atoms with van der Waals surface area (Å²) >= 11 is -1.81. The topological polar surface area (TPSA) is 37.3 Å². The van der Waals surface area contributed by atoms with Gasteiger partial charge in [0.25, 0.3) is 0 Å². The summed E-state index contributed by atoms with van der Waals surface area (Å²) in [4.78, 5) is 0. The van der Waals surface area contributed by atoms with Crippen molar-refractivity contribution in [2.45, 2.75) is 31.4 Å². The highest BCUT2D eigenvalue weighted by Crippen LogP contribution is 2.63. The standard InChI is InChI=1S/C20H19FO2S/c21-17-7-5-16(6-8-17)19-12-20(9-10-20)11-18(19)15-3-1-14(2-4-15)13-24(22)23/h1-8H,9-13H2,(H,22,23). The summed E-state index contributed by atoms with van der Waals surface area (Å²) in [7, 11) is 0. The minimum absolute atomic E-state index is 0.161. The molecule has 2 aliphatic carbocycles. The molecule has 1 unspecified atom stereocenters. The third kappa shape index (κ3) is 3.08. The third-order valence-corrected chi connectivity index (χ3v) is 5.79. The van der Waals surface area contributed by atoms with E-state index >= 15 is 0 Å². The van der Waals surface area contributed by atoms with Crippen LogP contribution in [0.3, 0.4) is 0 Å². The maximum absolute atomic E-state index is 13.2.